The number of fused-ring (bicyclic) bond motifs is 3. The zero-order valence-corrected chi connectivity index (χ0v) is 10.4. The summed E-state index contributed by atoms with van der Waals surface area (Å²) < 4.78 is 38.9. The number of para-hydroxylation sites is 1. The van der Waals surface area contributed by atoms with Crippen molar-refractivity contribution in [1.82, 2.24) is 4.90 Å². The first kappa shape index (κ1) is 13.1. The molecule has 2 atom stereocenters. The fraction of sp³-hybridized carbons (Fsp3) is 0.462. The molecule has 2 aliphatic heterocycles. The molecule has 20 heavy (non-hydrogen) atoms. The van der Waals surface area contributed by atoms with E-state index in [4.69, 9.17) is 5.11 Å². The lowest BCUT2D eigenvalue weighted by Crippen LogP contribution is -2.44. The van der Waals surface area contributed by atoms with Crippen LogP contribution < -0.4 is 5.32 Å². The van der Waals surface area contributed by atoms with E-state index < -0.39 is 17.8 Å². The van der Waals surface area contributed by atoms with Crippen molar-refractivity contribution < 1.29 is 23.1 Å². The fourth-order valence-electron chi connectivity index (χ4n) is 3.08. The van der Waals surface area contributed by atoms with Crippen LogP contribution in [0.1, 0.15) is 23.5 Å². The minimum Gasteiger partial charge on any atom is -0.465 e. The van der Waals surface area contributed by atoms with Gasteiger partial charge in [0, 0.05) is 25.0 Å². The molecule has 2 aliphatic rings. The molecule has 0 radical (unpaired) electrons. The molecule has 0 bridgehead atoms. The Kier molecular flexibility index (Phi) is 2.81. The standard InChI is InChI=1S/C13H13F3N2O2/c14-13(15,16)9-3-1-2-7-8-6-18(12(19)20)5-4-10(8)17-11(7)9/h1-3,8,10,17H,4-6H2,(H,19,20)/t8-,10-/m0/s1. The quantitative estimate of drug-likeness (QED) is 0.771. The Morgan fingerprint density at radius 1 is 1.40 bits per heavy atom. The number of likely N-dealkylation sites (tertiary alicyclic amines) is 1. The second-order valence-corrected chi connectivity index (χ2v) is 5.14. The van der Waals surface area contributed by atoms with Gasteiger partial charge in [0.2, 0.25) is 0 Å². The number of nitrogens with one attached hydrogen (secondary N) is 1. The van der Waals surface area contributed by atoms with Crippen LogP contribution in [0.25, 0.3) is 0 Å². The number of hydrogen-bond donors (Lipinski definition) is 2. The Hall–Kier alpha value is -1.92. The summed E-state index contributed by atoms with van der Waals surface area (Å²) in [5.74, 6) is -0.211. The molecule has 4 nitrogen and oxygen atoms in total. The van der Waals surface area contributed by atoms with E-state index >= 15 is 0 Å². The van der Waals surface area contributed by atoms with E-state index in [0.29, 0.717) is 18.5 Å². The van der Waals surface area contributed by atoms with Gasteiger partial charge in [-0.25, -0.2) is 4.79 Å². The second kappa shape index (κ2) is 4.29. The van der Waals surface area contributed by atoms with Gasteiger partial charge < -0.3 is 15.3 Å². The van der Waals surface area contributed by atoms with Crippen LogP contribution in [0.2, 0.25) is 0 Å². The molecule has 1 saturated heterocycles. The Morgan fingerprint density at radius 3 is 2.80 bits per heavy atom. The third-order valence-corrected chi connectivity index (χ3v) is 4.01. The molecule has 108 valence electrons. The predicted octanol–water partition coefficient (Wildman–Crippen LogP) is 2.97. The normalized spacial score (nSPS) is 24.9. The van der Waals surface area contributed by atoms with Crippen molar-refractivity contribution in [3.05, 3.63) is 29.3 Å². The number of piperidine rings is 1. The van der Waals surface area contributed by atoms with Gasteiger partial charge in [-0.3, -0.25) is 0 Å². The molecule has 0 saturated carbocycles. The van der Waals surface area contributed by atoms with Crippen LogP contribution in [0.15, 0.2) is 18.2 Å². The molecule has 1 aromatic carbocycles. The zero-order chi connectivity index (χ0) is 14.5. The van der Waals surface area contributed by atoms with Crippen LogP contribution >= 0.6 is 0 Å². The van der Waals surface area contributed by atoms with Gasteiger partial charge in [-0.05, 0) is 18.1 Å². The lowest BCUT2D eigenvalue weighted by Gasteiger charge is -2.33. The summed E-state index contributed by atoms with van der Waals surface area (Å²) in [5.41, 5.74) is 0.00397. The van der Waals surface area contributed by atoms with Crippen LogP contribution in [-0.4, -0.2) is 35.2 Å². The highest BCUT2D eigenvalue weighted by Gasteiger charge is 2.43. The first-order valence-electron chi connectivity index (χ1n) is 6.32. The van der Waals surface area contributed by atoms with E-state index in [1.165, 1.54) is 11.0 Å². The Balaban J connectivity index is 1.98. The number of halogens is 3. The van der Waals surface area contributed by atoms with Crippen LogP contribution in [0.4, 0.5) is 23.7 Å². The lowest BCUT2D eigenvalue weighted by atomic mass is 9.89. The van der Waals surface area contributed by atoms with E-state index in [-0.39, 0.29) is 24.2 Å². The van der Waals surface area contributed by atoms with Gasteiger partial charge in [-0.15, -0.1) is 0 Å². The molecule has 1 amide bonds. The number of alkyl halides is 3. The number of benzene rings is 1. The minimum atomic E-state index is -4.40. The van der Waals surface area contributed by atoms with Crippen molar-refractivity contribution in [2.45, 2.75) is 24.6 Å². The van der Waals surface area contributed by atoms with Gasteiger partial charge in [-0.1, -0.05) is 12.1 Å². The van der Waals surface area contributed by atoms with Crippen LogP contribution in [0.3, 0.4) is 0 Å². The summed E-state index contributed by atoms with van der Waals surface area (Å²) >= 11 is 0. The first-order chi connectivity index (χ1) is 9.38. The Morgan fingerprint density at radius 2 is 2.15 bits per heavy atom. The van der Waals surface area contributed by atoms with Crippen molar-refractivity contribution in [2.75, 3.05) is 18.4 Å². The van der Waals surface area contributed by atoms with Gasteiger partial charge in [0.05, 0.1) is 11.3 Å². The Labute approximate surface area is 113 Å². The van der Waals surface area contributed by atoms with Crippen LogP contribution in [-0.2, 0) is 6.18 Å². The third-order valence-electron chi connectivity index (χ3n) is 4.01. The minimum absolute atomic E-state index is 0.113. The molecule has 1 fully saturated rings. The summed E-state index contributed by atoms with van der Waals surface area (Å²) in [7, 11) is 0. The predicted molar refractivity (Wildman–Crippen MR) is 65.8 cm³/mol. The van der Waals surface area contributed by atoms with E-state index in [1.54, 1.807) is 6.07 Å². The Bertz CT molecular complexity index is 559. The van der Waals surface area contributed by atoms with Crippen molar-refractivity contribution in [3.63, 3.8) is 0 Å². The molecule has 7 heteroatoms. The van der Waals surface area contributed by atoms with E-state index in [9.17, 15) is 18.0 Å². The number of rotatable bonds is 0. The highest BCUT2D eigenvalue weighted by molar-refractivity contribution is 5.68. The summed E-state index contributed by atoms with van der Waals surface area (Å²) in [4.78, 5) is 12.3. The number of carbonyl (C=O) groups is 1. The van der Waals surface area contributed by atoms with Crippen molar-refractivity contribution in [2.24, 2.45) is 0 Å². The van der Waals surface area contributed by atoms with Gasteiger partial charge in [0.1, 0.15) is 0 Å². The van der Waals surface area contributed by atoms with Gasteiger partial charge in [-0.2, -0.15) is 13.2 Å². The highest BCUT2D eigenvalue weighted by atomic mass is 19.4. The number of hydrogen-bond acceptors (Lipinski definition) is 2. The maximum atomic E-state index is 13.0. The third kappa shape index (κ3) is 1.97. The summed E-state index contributed by atoms with van der Waals surface area (Å²) in [5, 5.41) is 11.9. The fourth-order valence-corrected chi connectivity index (χ4v) is 3.08. The summed E-state index contributed by atoms with van der Waals surface area (Å²) in [6.07, 6.45) is -4.91. The molecule has 2 heterocycles. The largest absolute Gasteiger partial charge is 0.465 e. The summed E-state index contributed by atoms with van der Waals surface area (Å²) in [6.45, 7) is 0.583. The SMILES string of the molecule is O=C(O)N1CC[C@@H]2Nc3c(cccc3C(F)(F)F)[C@@H]2C1. The molecular formula is C13H13F3N2O2. The molecule has 3 rings (SSSR count). The van der Waals surface area contributed by atoms with Crippen molar-refractivity contribution in [3.8, 4) is 0 Å². The molecule has 1 aromatic rings. The molecule has 0 unspecified atom stereocenters. The molecule has 2 N–H and O–H groups in total. The maximum absolute atomic E-state index is 13.0. The molecular weight excluding hydrogens is 273 g/mol. The average Bonchev–Trinajstić information content (AvgIpc) is 2.74. The van der Waals surface area contributed by atoms with Crippen molar-refractivity contribution >= 4 is 11.8 Å². The average molecular weight is 286 g/mol. The number of amides is 1. The van der Waals surface area contributed by atoms with Gasteiger partial charge >= 0.3 is 12.3 Å². The molecule has 0 spiro atoms. The van der Waals surface area contributed by atoms with E-state index in [1.807, 2.05) is 0 Å². The van der Waals surface area contributed by atoms with Crippen molar-refractivity contribution in [1.29, 1.82) is 0 Å². The monoisotopic (exact) mass is 286 g/mol. The smallest absolute Gasteiger partial charge is 0.418 e. The second-order valence-electron chi connectivity index (χ2n) is 5.14. The van der Waals surface area contributed by atoms with Gasteiger partial charge in [0.15, 0.2) is 0 Å². The zero-order valence-electron chi connectivity index (χ0n) is 10.4. The lowest BCUT2D eigenvalue weighted by molar-refractivity contribution is -0.136. The molecule has 0 aromatic heterocycles. The van der Waals surface area contributed by atoms with E-state index in [0.717, 1.165) is 6.07 Å². The number of carboxylic acid groups (broad SMARTS) is 1. The summed E-state index contributed by atoms with van der Waals surface area (Å²) in [6, 6.07) is 3.96. The van der Waals surface area contributed by atoms with Gasteiger partial charge in [0.25, 0.3) is 0 Å². The molecule has 0 aliphatic carbocycles. The number of anilines is 1. The van der Waals surface area contributed by atoms with E-state index in [2.05, 4.69) is 5.32 Å². The highest BCUT2D eigenvalue weighted by Crippen LogP contribution is 2.46. The van der Waals surface area contributed by atoms with Crippen LogP contribution in [0.5, 0.6) is 0 Å². The van der Waals surface area contributed by atoms with Crippen LogP contribution in [0, 0.1) is 0 Å². The number of nitrogens with zero attached hydrogens (tertiary/aromatic N) is 1. The topological polar surface area (TPSA) is 52.6 Å². The first-order valence-corrected chi connectivity index (χ1v) is 6.32. The maximum Gasteiger partial charge on any atom is 0.418 e.